The minimum absolute atomic E-state index is 0.0768. The number of nitrogens with zero attached hydrogens (tertiary/aromatic N) is 2. The molecule has 11 heteroatoms. The first kappa shape index (κ1) is 24.9. The third-order valence-corrected chi connectivity index (χ3v) is 8.78. The van der Waals surface area contributed by atoms with Crippen molar-refractivity contribution in [2.45, 2.75) is 26.3 Å². The van der Waals surface area contributed by atoms with Crippen molar-refractivity contribution in [2.75, 3.05) is 31.7 Å². The molecule has 2 aliphatic rings. The lowest BCUT2D eigenvalue weighted by molar-refractivity contribution is 0.0530. The average molecular weight is 549 g/mol. The number of hydrogen-bond donors (Lipinski definition) is 2. The number of aromatic amines is 1. The van der Waals surface area contributed by atoms with Gasteiger partial charge in [0, 0.05) is 43.1 Å². The minimum Gasteiger partial charge on any atom is -0.497 e. The van der Waals surface area contributed by atoms with E-state index in [0.717, 1.165) is 29.5 Å². The summed E-state index contributed by atoms with van der Waals surface area (Å²) in [6.45, 7) is 5.37. The molecule has 1 saturated carbocycles. The molecule has 0 unspecified atom stereocenters. The second-order valence-electron chi connectivity index (χ2n) is 9.01. The van der Waals surface area contributed by atoms with Crippen LogP contribution in [0.4, 0.5) is 5.13 Å². The zero-order valence-electron chi connectivity index (χ0n) is 20.1. The number of amides is 1. The Kier molecular flexibility index (Phi) is 6.89. The van der Waals surface area contributed by atoms with E-state index in [2.05, 4.69) is 15.2 Å². The van der Waals surface area contributed by atoms with Gasteiger partial charge in [0.1, 0.15) is 16.3 Å². The second kappa shape index (κ2) is 9.95. The molecule has 5 rings (SSSR count). The summed E-state index contributed by atoms with van der Waals surface area (Å²) in [5, 5.41) is 4.49. The number of hydrogen-bond acceptors (Lipinski definition) is 7. The van der Waals surface area contributed by atoms with E-state index < -0.39 is 0 Å². The molecular formula is C25H26Cl2N4O4S. The summed E-state index contributed by atoms with van der Waals surface area (Å²) in [4.78, 5) is 35.9. The fourth-order valence-electron chi connectivity index (χ4n) is 4.77. The Labute approximate surface area is 222 Å². The van der Waals surface area contributed by atoms with Crippen molar-refractivity contribution in [1.29, 1.82) is 0 Å². The van der Waals surface area contributed by atoms with Crippen LogP contribution in [0.1, 0.15) is 44.0 Å². The zero-order valence-corrected chi connectivity index (χ0v) is 22.4. The maximum atomic E-state index is 12.7. The van der Waals surface area contributed by atoms with Crippen LogP contribution in [-0.4, -0.2) is 54.7 Å². The maximum Gasteiger partial charge on any atom is 0.350 e. The van der Waals surface area contributed by atoms with Crippen LogP contribution in [0.3, 0.4) is 0 Å². The lowest BCUT2D eigenvalue weighted by atomic mass is 10.1. The van der Waals surface area contributed by atoms with Gasteiger partial charge in [-0.2, -0.15) is 0 Å². The third-order valence-electron chi connectivity index (χ3n) is 6.70. The molecule has 1 aliphatic carbocycles. The Morgan fingerprint density at radius 1 is 1.25 bits per heavy atom. The first-order valence-electron chi connectivity index (χ1n) is 11.7. The van der Waals surface area contributed by atoms with Crippen molar-refractivity contribution in [3.05, 3.63) is 61.8 Å². The molecule has 190 valence electrons. The predicted octanol–water partition coefficient (Wildman–Crippen LogP) is 4.73. The summed E-state index contributed by atoms with van der Waals surface area (Å²) in [7, 11) is 1.63. The first-order chi connectivity index (χ1) is 17.3. The molecule has 0 radical (unpaired) electrons. The van der Waals surface area contributed by atoms with Crippen LogP contribution >= 0.6 is 34.5 Å². The Morgan fingerprint density at radius 2 is 2.00 bits per heavy atom. The number of aromatic nitrogens is 2. The van der Waals surface area contributed by atoms with E-state index >= 15 is 0 Å². The summed E-state index contributed by atoms with van der Waals surface area (Å²) in [6, 6.07) is 7.81. The van der Waals surface area contributed by atoms with Crippen molar-refractivity contribution >= 4 is 51.5 Å². The smallest absolute Gasteiger partial charge is 0.350 e. The zero-order chi connectivity index (χ0) is 25.6. The molecule has 0 bridgehead atoms. The fourth-order valence-corrected chi connectivity index (χ4v) is 6.19. The van der Waals surface area contributed by atoms with Crippen LogP contribution in [0.15, 0.2) is 24.3 Å². The topological polar surface area (TPSA) is 96.6 Å². The summed E-state index contributed by atoms with van der Waals surface area (Å²) < 4.78 is 10.6. The quantitative estimate of drug-likeness (QED) is 0.395. The number of methoxy groups -OCH3 is 1. The van der Waals surface area contributed by atoms with Crippen LogP contribution in [0, 0.1) is 18.8 Å². The Balaban J connectivity index is 1.27. The summed E-state index contributed by atoms with van der Waals surface area (Å²) in [5.41, 5.74) is 2.66. The minimum atomic E-state index is -0.356. The van der Waals surface area contributed by atoms with E-state index in [1.54, 1.807) is 21.0 Å². The highest BCUT2D eigenvalue weighted by Gasteiger charge is 2.57. The van der Waals surface area contributed by atoms with E-state index in [1.807, 2.05) is 24.3 Å². The number of anilines is 1. The highest BCUT2D eigenvalue weighted by Crippen LogP contribution is 2.48. The largest absolute Gasteiger partial charge is 0.497 e. The van der Waals surface area contributed by atoms with Crippen molar-refractivity contribution < 1.29 is 19.1 Å². The Morgan fingerprint density at radius 3 is 2.64 bits per heavy atom. The van der Waals surface area contributed by atoms with Crippen LogP contribution in [0.2, 0.25) is 10.0 Å². The Hall–Kier alpha value is -2.75. The Bertz CT molecular complexity index is 1310. The molecule has 2 aromatic heterocycles. The van der Waals surface area contributed by atoms with Crippen molar-refractivity contribution in [1.82, 2.24) is 15.3 Å². The van der Waals surface area contributed by atoms with E-state index in [4.69, 9.17) is 37.7 Å². The SMILES string of the molecule is CCOC(=O)c1sc(N2C[C@@H]3[C@H](C2)[C@@H]3NC(=O)c2[nH]c(C)c(Cl)c2Cl)nc1Cc1cccc(OC)c1. The lowest BCUT2D eigenvalue weighted by Crippen LogP contribution is -2.34. The standard InChI is InChI=1S/C25H26Cl2N4O4S/c1-4-35-24(33)22-17(9-13-6-5-7-14(8-13)34-3)29-25(36-22)31-10-15-16(11-31)20(15)30-23(32)21-19(27)18(26)12(2)28-21/h5-8,15-16,20,28H,4,9-11H2,1-3H3,(H,30,32)/t15-,16+,20-. The molecule has 3 atom stereocenters. The predicted molar refractivity (Wildman–Crippen MR) is 140 cm³/mol. The van der Waals surface area contributed by atoms with Gasteiger partial charge < -0.3 is 24.7 Å². The van der Waals surface area contributed by atoms with Gasteiger partial charge in [0.15, 0.2) is 5.13 Å². The molecule has 1 saturated heterocycles. The number of carbonyl (C=O) groups is 2. The molecule has 0 spiro atoms. The van der Waals surface area contributed by atoms with E-state index in [9.17, 15) is 9.59 Å². The van der Waals surface area contributed by atoms with E-state index in [0.29, 0.717) is 51.8 Å². The number of nitrogens with one attached hydrogen (secondary N) is 2. The second-order valence-corrected chi connectivity index (χ2v) is 10.7. The van der Waals surface area contributed by atoms with Gasteiger partial charge in [-0.1, -0.05) is 46.7 Å². The van der Waals surface area contributed by atoms with Gasteiger partial charge in [0.05, 0.1) is 29.5 Å². The highest BCUT2D eigenvalue weighted by molar-refractivity contribution is 7.17. The van der Waals surface area contributed by atoms with Gasteiger partial charge in [0.25, 0.3) is 5.91 Å². The molecule has 3 heterocycles. The highest BCUT2D eigenvalue weighted by atomic mass is 35.5. The van der Waals surface area contributed by atoms with Crippen LogP contribution < -0.4 is 15.0 Å². The van der Waals surface area contributed by atoms with Gasteiger partial charge in [-0.15, -0.1) is 0 Å². The number of aryl methyl sites for hydroxylation is 1. The lowest BCUT2D eigenvalue weighted by Gasteiger charge is -2.19. The normalized spacial score (nSPS) is 20.2. The van der Waals surface area contributed by atoms with Gasteiger partial charge in [0.2, 0.25) is 0 Å². The molecule has 3 aromatic rings. The van der Waals surface area contributed by atoms with Crippen LogP contribution in [0.5, 0.6) is 5.75 Å². The number of thiazole rings is 1. The fraction of sp³-hybridized carbons (Fsp3) is 0.400. The average Bonchev–Trinajstić information content (AvgIpc) is 3.22. The molecule has 1 amide bonds. The number of fused-ring (bicyclic) bond motifs is 1. The van der Waals surface area contributed by atoms with Crippen molar-refractivity contribution in [3.8, 4) is 5.75 Å². The van der Waals surface area contributed by atoms with E-state index in [1.165, 1.54) is 11.3 Å². The summed E-state index contributed by atoms with van der Waals surface area (Å²) >= 11 is 13.7. The number of carbonyl (C=O) groups excluding carboxylic acids is 2. The molecular weight excluding hydrogens is 523 g/mol. The maximum absolute atomic E-state index is 12.7. The van der Waals surface area contributed by atoms with Crippen LogP contribution in [0.25, 0.3) is 0 Å². The van der Waals surface area contributed by atoms with Crippen molar-refractivity contribution in [2.24, 2.45) is 11.8 Å². The molecule has 1 aliphatic heterocycles. The molecule has 36 heavy (non-hydrogen) atoms. The van der Waals surface area contributed by atoms with Crippen molar-refractivity contribution in [3.63, 3.8) is 0 Å². The van der Waals surface area contributed by atoms with Gasteiger partial charge in [-0.05, 0) is 31.5 Å². The summed E-state index contributed by atoms with van der Waals surface area (Å²) in [5.74, 6) is 0.782. The van der Waals surface area contributed by atoms with Gasteiger partial charge in [-0.25, -0.2) is 9.78 Å². The number of benzene rings is 1. The number of rotatable bonds is 8. The monoisotopic (exact) mass is 548 g/mol. The van der Waals surface area contributed by atoms with Crippen LogP contribution in [-0.2, 0) is 11.2 Å². The number of esters is 1. The molecule has 2 N–H and O–H groups in total. The number of halogens is 2. The van der Waals surface area contributed by atoms with Gasteiger partial charge in [-0.3, -0.25) is 4.79 Å². The number of piperidine rings is 1. The molecule has 1 aromatic carbocycles. The summed E-state index contributed by atoms with van der Waals surface area (Å²) in [6.07, 6.45) is 0.500. The number of ether oxygens (including phenoxy) is 2. The third kappa shape index (κ3) is 4.67. The number of H-pyrrole nitrogens is 1. The molecule has 8 nitrogen and oxygen atoms in total. The first-order valence-corrected chi connectivity index (χ1v) is 13.3. The molecule has 2 fully saturated rings. The van der Waals surface area contributed by atoms with Gasteiger partial charge >= 0.3 is 5.97 Å². The van der Waals surface area contributed by atoms with E-state index in [-0.39, 0.29) is 22.9 Å².